The van der Waals surface area contributed by atoms with Crippen LogP contribution in [0, 0.1) is 6.92 Å². The van der Waals surface area contributed by atoms with Gasteiger partial charge in [-0.25, -0.2) is 0 Å². The van der Waals surface area contributed by atoms with Crippen molar-refractivity contribution in [1.82, 2.24) is 0 Å². The van der Waals surface area contributed by atoms with E-state index in [4.69, 9.17) is 0 Å². The highest BCUT2D eigenvalue weighted by atomic mass is 32.1. The second-order valence-electron chi connectivity index (χ2n) is 3.11. The van der Waals surface area contributed by atoms with Crippen LogP contribution in [-0.2, 0) is 6.42 Å². The van der Waals surface area contributed by atoms with E-state index in [0.717, 1.165) is 6.42 Å². The van der Waals surface area contributed by atoms with Crippen molar-refractivity contribution in [2.75, 3.05) is 0 Å². The monoisotopic (exact) mass is 236 g/mol. The Labute approximate surface area is 104 Å². The maximum Gasteiger partial charge on any atom is 0.0348 e. The molecule has 16 heavy (non-hydrogen) atoms. The summed E-state index contributed by atoms with van der Waals surface area (Å²) in [6.07, 6.45) is 1.15. The molecule has 0 nitrogen and oxygen atoms in total. The minimum atomic E-state index is 1.15. The lowest BCUT2D eigenvalue weighted by Gasteiger charge is -1.89. The summed E-state index contributed by atoms with van der Waals surface area (Å²) < 4.78 is 1.42. The number of hydrogen-bond donors (Lipinski definition) is 0. The molecule has 1 aromatic carbocycles. The van der Waals surface area contributed by atoms with Gasteiger partial charge in [-0.1, -0.05) is 46.8 Å². The molecule has 0 bridgehead atoms. The predicted octanol–water partition coefficient (Wildman–Crippen LogP) is 5.82. The zero-order valence-corrected chi connectivity index (χ0v) is 12.2. The fraction of sp³-hybridized carbons (Fsp3) is 0.467. The molecular formula is C15H24S. The Morgan fingerprint density at radius 2 is 1.62 bits per heavy atom. The largest absolute Gasteiger partial charge is 0.140 e. The van der Waals surface area contributed by atoms with Gasteiger partial charge in [0.05, 0.1) is 0 Å². The van der Waals surface area contributed by atoms with Gasteiger partial charge in [0.1, 0.15) is 0 Å². The van der Waals surface area contributed by atoms with Crippen molar-refractivity contribution < 1.29 is 0 Å². The fourth-order valence-corrected chi connectivity index (χ4v) is 2.47. The van der Waals surface area contributed by atoms with Crippen LogP contribution >= 0.6 is 11.3 Å². The van der Waals surface area contributed by atoms with E-state index in [2.05, 4.69) is 38.1 Å². The van der Waals surface area contributed by atoms with Crippen molar-refractivity contribution in [3.63, 3.8) is 0 Å². The van der Waals surface area contributed by atoms with Crippen LogP contribution in [0.4, 0.5) is 0 Å². The van der Waals surface area contributed by atoms with E-state index in [-0.39, 0.29) is 0 Å². The van der Waals surface area contributed by atoms with Crippen LogP contribution in [0.15, 0.2) is 24.3 Å². The minimum absolute atomic E-state index is 1.15. The third kappa shape index (κ3) is 3.97. The summed E-state index contributed by atoms with van der Waals surface area (Å²) in [4.78, 5) is 1.48. The van der Waals surface area contributed by atoms with E-state index in [1.807, 2.05) is 39.0 Å². The lowest BCUT2D eigenvalue weighted by Crippen LogP contribution is -1.67. The lowest BCUT2D eigenvalue weighted by atomic mass is 10.2. The zero-order valence-electron chi connectivity index (χ0n) is 11.4. The molecule has 0 spiro atoms. The number of fused-ring (bicyclic) bond motifs is 1. The Morgan fingerprint density at radius 1 is 1.00 bits per heavy atom. The Balaban J connectivity index is 0.000000509. The molecule has 0 amide bonds. The number of thiophene rings is 1. The average molecular weight is 236 g/mol. The molecule has 0 fully saturated rings. The first kappa shape index (κ1) is 15.2. The molecule has 0 atom stereocenters. The molecule has 0 radical (unpaired) electrons. The lowest BCUT2D eigenvalue weighted by molar-refractivity contribution is 1.19. The first-order valence-corrected chi connectivity index (χ1v) is 7.10. The van der Waals surface area contributed by atoms with Crippen LogP contribution in [0.1, 0.15) is 45.1 Å². The van der Waals surface area contributed by atoms with Crippen molar-refractivity contribution in [2.45, 2.75) is 48.0 Å². The van der Waals surface area contributed by atoms with Crippen molar-refractivity contribution in [3.05, 3.63) is 34.7 Å². The average Bonchev–Trinajstić information content (AvgIpc) is 2.76. The highest BCUT2D eigenvalue weighted by Crippen LogP contribution is 2.26. The second-order valence-corrected chi connectivity index (χ2v) is 4.28. The van der Waals surface area contributed by atoms with E-state index in [1.165, 1.54) is 20.5 Å². The minimum Gasteiger partial charge on any atom is -0.140 e. The molecule has 0 unspecified atom stereocenters. The highest BCUT2D eigenvalue weighted by Gasteiger charge is 1.98. The molecule has 0 N–H and O–H groups in total. The smallest absolute Gasteiger partial charge is 0.0348 e. The van der Waals surface area contributed by atoms with Crippen molar-refractivity contribution in [3.8, 4) is 0 Å². The number of benzene rings is 1. The highest BCUT2D eigenvalue weighted by molar-refractivity contribution is 7.19. The van der Waals surface area contributed by atoms with E-state index < -0.39 is 0 Å². The standard InChI is InChI=1S/C11H12S.2C2H6/c1-3-10-7-9-5-4-8(2)6-11(9)12-10;2*1-2/h4-7H,3H2,1-2H3;2*1-2H3. The molecule has 0 aliphatic carbocycles. The molecular weight excluding hydrogens is 212 g/mol. The predicted molar refractivity (Wildman–Crippen MR) is 78.6 cm³/mol. The quantitative estimate of drug-likeness (QED) is 0.585. The molecule has 1 heterocycles. The summed E-state index contributed by atoms with van der Waals surface area (Å²) in [6, 6.07) is 8.94. The van der Waals surface area contributed by atoms with Crippen molar-refractivity contribution in [2.24, 2.45) is 0 Å². The molecule has 2 aromatic rings. The Hall–Kier alpha value is -0.820. The second kappa shape index (κ2) is 8.35. The molecule has 0 aliphatic rings. The van der Waals surface area contributed by atoms with Crippen LogP contribution in [0.5, 0.6) is 0 Å². The van der Waals surface area contributed by atoms with Crippen molar-refractivity contribution >= 4 is 21.4 Å². The van der Waals surface area contributed by atoms with Gasteiger partial charge in [-0.05, 0) is 36.4 Å². The summed E-state index contributed by atoms with van der Waals surface area (Å²) in [5.74, 6) is 0. The molecule has 2 rings (SSSR count). The summed E-state index contributed by atoms with van der Waals surface area (Å²) >= 11 is 1.91. The molecule has 0 saturated carbocycles. The fourth-order valence-electron chi connectivity index (χ4n) is 1.37. The van der Waals surface area contributed by atoms with Gasteiger partial charge >= 0.3 is 0 Å². The van der Waals surface area contributed by atoms with Gasteiger partial charge in [0.15, 0.2) is 0 Å². The first-order chi connectivity index (χ1) is 7.79. The summed E-state index contributed by atoms with van der Waals surface area (Å²) in [5, 5.41) is 1.39. The topological polar surface area (TPSA) is 0 Å². The van der Waals surface area contributed by atoms with Gasteiger partial charge < -0.3 is 0 Å². The van der Waals surface area contributed by atoms with Crippen LogP contribution in [0.2, 0.25) is 0 Å². The number of aryl methyl sites for hydroxylation is 2. The third-order valence-electron chi connectivity index (χ3n) is 2.08. The van der Waals surface area contributed by atoms with Crippen LogP contribution in [0.3, 0.4) is 0 Å². The van der Waals surface area contributed by atoms with Gasteiger partial charge in [0, 0.05) is 9.58 Å². The van der Waals surface area contributed by atoms with Crippen LogP contribution < -0.4 is 0 Å². The normalized spacial score (nSPS) is 8.88. The summed E-state index contributed by atoms with van der Waals surface area (Å²) in [6.45, 7) is 12.3. The van der Waals surface area contributed by atoms with E-state index in [9.17, 15) is 0 Å². The summed E-state index contributed by atoms with van der Waals surface area (Å²) in [5.41, 5.74) is 1.35. The molecule has 1 aromatic heterocycles. The molecule has 0 saturated heterocycles. The molecule has 90 valence electrons. The maximum atomic E-state index is 2.29. The Bertz CT molecular complexity index is 399. The zero-order chi connectivity index (χ0) is 12.6. The third-order valence-corrected chi connectivity index (χ3v) is 3.32. The van der Waals surface area contributed by atoms with Crippen LogP contribution in [0.25, 0.3) is 10.1 Å². The maximum absolute atomic E-state index is 2.29. The van der Waals surface area contributed by atoms with E-state index >= 15 is 0 Å². The Morgan fingerprint density at radius 3 is 2.19 bits per heavy atom. The van der Waals surface area contributed by atoms with Gasteiger partial charge in [-0.15, -0.1) is 11.3 Å². The SMILES string of the molecule is CC.CC.CCc1cc2ccc(C)cc2s1. The van der Waals surface area contributed by atoms with E-state index in [0.29, 0.717) is 0 Å². The van der Waals surface area contributed by atoms with Gasteiger partial charge in [-0.2, -0.15) is 0 Å². The number of hydrogen-bond acceptors (Lipinski definition) is 1. The Kier molecular flexibility index (Phi) is 7.92. The first-order valence-electron chi connectivity index (χ1n) is 6.28. The van der Waals surface area contributed by atoms with E-state index in [1.54, 1.807) is 0 Å². The molecule has 0 aliphatic heterocycles. The van der Waals surface area contributed by atoms with Gasteiger partial charge in [-0.3, -0.25) is 0 Å². The van der Waals surface area contributed by atoms with Gasteiger partial charge in [0.25, 0.3) is 0 Å². The van der Waals surface area contributed by atoms with Gasteiger partial charge in [0.2, 0.25) is 0 Å². The molecule has 1 heteroatoms. The van der Waals surface area contributed by atoms with Crippen molar-refractivity contribution in [1.29, 1.82) is 0 Å². The summed E-state index contributed by atoms with van der Waals surface area (Å²) in [7, 11) is 0. The number of rotatable bonds is 1. The van der Waals surface area contributed by atoms with Crippen LogP contribution in [-0.4, -0.2) is 0 Å².